The third kappa shape index (κ3) is 1.42. The third-order valence-corrected chi connectivity index (χ3v) is 2.27. The molecular formula is C9H8ClN3. The number of aromatic amines is 1. The van der Waals surface area contributed by atoms with E-state index in [1.54, 1.807) is 24.7 Å². The Balaban J connectivity index is 2.59. The lowest BCUT2D eigenvalue weighted by Crippen LogP contribution is -1.90. The number of pyridine rings is 1. The maximum atomic E-state index is 5.95. The molecule has 0 aliphatic rings. The van der Waals surface area contributed by atoms with Gasteiger partial charge in [0.1, 0.15) is 5.69 Å². The Bertz CT molecular complexity index is 409. The van der Waals surface area contributed by atoms with Gasteiger partial charge in [0.2, 0.25) is 0 Å². The minimum absolute atomic E-state index is 0.710. The van der Waals surface area contributed by atoms with E-state index < -0.39 is 0 Å². The fourth-order valence-electron chi connectivity index (χ4n) is 1.15. The first-order valence-electron chi connectivity index (χ1n) is 3.90. The van der Waals surface area contributed by atoms with Crippen molar-refractivity contribution in [2.45, 2.75) is 6.92 Å². The second kappa shape index (κ2) is 3.18. The van der Waals surface area contributed by atoms with Gasteiger partial charge in [0.25, 0.3) is 0 Å². The summed E-state index contributed by atoms with van der Waals surface area (Å²) in [6, 6.07) is 1.77. The Morgan fingerprint density at radius 2 is 2.15 bits per heavy atom. The maximum Gasteiger partial charge on any atom is 0.156 e. The van der Waals surface area contributed by atoms with E-state index in [4.69, 9.17) is 11.6 Å². The molecule has 0 saturated carbocycles. The van der Waals surface area contributed by atoms with Gasteiger partial charge < -0.3 is 4.98 Å². The molecule has 4 heteroatoms. The highest BCUT2D eigenvalue weighted by molar-refractivity contribution is 6.31. The number of halogens is 1. The van der Waals surface area contributed by atoms with Gasteiger partial charge in [-0.25, -0.2) is 4.98 Å². The number of hydrogen-bond acceptors (Lipinski definition) is 2. The summed E-state index contributed by atoms with van der Waals surface area (Å²) in [5.41, 5.74) is 1.75. The molecule has 0 atom stereocenters. The minimum atomic E-state index is 0.710. The molecule has 0 spiro atoms. The fraction of sp³-hybridized carbons (Fsp3) is 0.111. The number of rotatable bonds is 1. The molecule has 0 aromatic carbocycles. The SMILES string of the molecule is Cc1c(Cl)ccnc1-c1ncc[nH]1. The molecule has 2 aromatic heterocycles. The molecule has 1 N–H and O–H groups in total. The molecule has 2 rings (SSSR count). The molecule has 2 aromatic rings. The van der Waals surface area contributed by atoms with E-state index in [9.17, 15) is 0 Å². The van der Waals surface area contributed by atoms with Gasteiger partial charge in [0.15, 0.2) is 5.82 Å². The van der Waals surface area contributed by atoms with Crippen LogP contribution in [0.25, 0.3) is 11.5 Å². The van der Waals surface area contributed by atoms with E-state index in [1.807, 2.05) is 6.92 Å². The van der Waals surface area contributed by atoms with Gasteiger partial charge in [-0.3, -0.25) is 4.98 Å². The van der Waals surface area contributed by atoms with E-state index in [-0.39, 0.29) is 0 Å². The zero-order valence-corrected chi connectivity index (χ0v) is 7.84. The lowest BCUT2D eigenvalue weighted by molar-refractivity contribution is 1.19. The Kier molecular flexibility index (Phi) is 2.02. The number of imidazole rings is 1. The molecule has 13 heavy (non-hydrogen) atoms. The Hall–Kier alpha value is -1.35. The quantitative estimate of drug-likeness (QED) is 0.756. The van der Waals surface area contributed by atoms with Gasteiger partial charge in [-0.2, -0.15) is 0 Å². The lowest BCUT2D eigenvalue weighted by Gasteiger charge is -2.02. The van der Waals surface area contributed by atoms with Gasteiger partial charge in [-0.05, 0) is 18.6 Å². The van der Waals surface area contributed by atoms with Crippen LogP contribution in [0.2, 0.25) is 5.02 Å². The second-order valence-corrected chi connectivity index (χ2v) is 3.11. The molecule has 0 aliphatic heterocycles. The fourth-order valence-corrected chi connectivity index (χ4v) is 1.29. The van der Waals surface area contributed by atoms with Gasteiger partial charge in [-0.1, -0.05) is 11.6 Å². The van der Waals surface area contributed by atoms with E-state index in [0.717, 1.165) is 17.1 Å². The van der Waals surface area contributed by atoms with Gasteiger partial charge in [0, 0.05) is 23.6 Å². The monoisotopic (exact) mass is 193 g/mol. The topological polar surface area (TPSA) is 41.6 Å². The molecule has 0 bridgehead atoms. The van der Waals surface area contributed by atoms with E-state index in [1.165, 1.54) is 0 Å². The molecule has 0 fully saturated rings. The van der Waals surface area contributed by atoms with Crippen LogP contribution in [-0.2, 0) is 0 Å². The molecular weight excluding hydrogens is 186 g/mol. The number of aromatic nitrogens is 3. The molecule has 0 saturated heterocycles. The summed E-state index contributed by atoms with van der Waals surface area (Å²) in [7, 11) is 0. The minimum Gasteiger partial charge on any atom is -0.343 e. The lowest BCUT2D eigenvalue weighted by atomic mass is 10.2. The Morgan fingerprint density at radius 3 is 2.85 bits per heavy atom. The van der Waals surface area contributed by atoms with Crippen molar-refractivity contribution >= 4 is 11.6 Å². The van der Waals surface area contributed by atoms with Crippen LogP contribution in [0.5, 0.6) is 0 Å². The van der Waals surface area contributed by atoms with E-state index >= 15 is 0 Å². The van der Waals surface area contributed by atoms with Crippen molar-refractivity contribution in [3.05, 3.63) is 35.2 Å². The first kappa shape index (κ1) is 8.26. The summed E-state index contributed by atoms with van der Waals surface area (Å²) < 4.78 is 0. The highest BCUT2D eigenvalue weighted by Crippen LogP contribution is 2.22. The van der Waals surface area contributed by atoms with Crippen molar-refractivity contribution in [2.75, 3.05) is 0 Å². The average molecular weight is 194 g/mol. The van der Waals surface area contributed by atoms with Crippen LogP contribution in [0.1, 0.15) is 5.56 Å². The average Bonchev–Trinajstić information content (AvgIpc) is 2.62. The Morgan fingerprint density at radius 1 is 1.31 bits per heavy atom. The zero-order valence-electron chi connectivity index (χ0n) is 7.08. The van der Waals surface area contributed by atoms with Crippen LogP contribution in [0.15, 0.2) is 24.7 Å². The highest BCUT2D eigenvalue weighted by atomic mass is 35.5. The number of nitrogens with one attached hydrogen (secondary N) is 1. The van der Waals surface area contributed by atoms with Crippen molar-refractivity contribution in [1.29, 1.82) is 0 Å². The van der Waals surface area contributed by atoms with Crippen LogP contribution < -0.4 is 0 Å². The van der Waals surface area contributed by atoms with Crippen LogP contribution in [0, 0.1) is 6.92 Å². The molecule has 2 heterocycles. The largest absolute Gasteiger partial charge is 0.343 e. The summed E-state index contributed by atoms with van der Waals surface area (Å²) in [6.07, 6.45) is 5.13. The van der Waals surface area contributed by atoms with Crippen molar-refractivity contribution in [3.8, 4) is 11.5 Å². The van der Waals surface area contributed by atoms with Crippen LogP contribution >= 0.6 is 11.6 Å². The molecule has 3 nitrogen and oxygen atoms in total. The van der Waals surface area contributed by atoms with Gasteiger partial charge in [-0.15, -0.1) is 0 Å². The molecule has 66 valence electrons. The first-order chi connectivity index (χ1) is 6.29. The standard InChI is InChI=1S/C9H8ClN3/c1-6-7(10)2-3-11-8(6)9-12-4-5-13-9/h2-5H,1H3,(H,12,13). The van der Waals surface area contributed by atoms with Gasteiger partial charge >= 0.3 is 0 Å². The zero-order chi connectivity index (χ0) is 9.26. The Labute approximate surface area is 80.8 Å². The third-order valence-electron chi connectivity index (χ3n) is 1.86. The second-order valence-electron chi connectivity index (χ2n) is 2.70. The van der Waals surface area contributed by atoms with E-state index in [0.29, 0.717) is 5.02 Å². The summed E-state index contributed by atoms with van der Waals surface area (Å²) in [5.74, 6) is 0.750. The molecule has 0 unspecified atom stereocenters. The maximum absolute atomic E-state index is 5.95. The smallest absolute Gasteiger partial charge is 0.156 e. The van der Waals surface area contributed by atoms with Crippen LogP contribution in [0.4, 0.5) is 0 Å². The van der Waals surface area contributed by atoms with Crippen molar-refractivity contribution in [3.63, 3.8) is 0 Å². The number of nitrogens with zero attached hydrogens (tertiary/aromatic N) is 2. The molecule has 0 aliphatic carbocycles. The van der Waals surface area contributed by atoms with Gasteiger partial charge in [0.05, 0.1) is 0 Å². The summed E-state index contributed by atoms with van der Waals surface area (Å²) >= 11 is 5.95. The normalized spacial score (nSPS) is 10.3. The highest BCUT2D eigenvalue weighted by Gasteiger charge is 2.07. The number of hydrogen-bond donors (Lipinski definition) is 1. The van der Waals surface area contributed by atoms with Crippen molar-refractivity contribution in [2.24, 2.45) is 0 Å². The molecule has 0 radical (unpaired) electrons. The predicted molar refractivity (Wildman–Crippen MR) is 51.6 cm³/mol. The number of H-pyrrole nitrogens is 1. The predicted octanol–water partition coefficient (Wildman–Crippen LogP) is 2.43. The van der Waals surface area contributed by atoms with Crippen LogP contribution in [-0.4, -0.2) is 15.0 Å². The van der Waals surface area contributed by atoms with E-state index in [2.05, 4.69) is 15.0 Å². The van der Waals surface area contributed by atoms with Crippen molar-refractivity contribution < 1.29 is 0 Å². The first-order valence-corrected chi connectivity index (χ1v) is 4.27. The van der Waals surface area contributed by atoms with Crippen molar-refractivity contribution in [1.82, 2.24) is 15.0 Å². The van der Waals surface area contributed by atoms with Crippen LogP contribution in [0.3, 0.4) is 0 Å². The molecule has 0 amide bonds. The summed E-state index contributed by atoms with van der Waals surface area (Å²) in [5, 5.41) is 0.710. The summed E-state index contributed by atoms with van der Waals surface area (Å²) in [6.45, 7) is 1.92. The summed E-state index contributed by atoms with van der Waals surface area (Å²) in [4.78, 5) is 11.3.